The first-order chi connectivity index (χ1) is 16.4. The number of hydrogen-bond donors (Lipinski definition) is 4. The number of pyridine rings is 1. The van der Waals surface area contributed by atoms with Gasteiger partial charge in [0, 0.05) is 32.7 Å². The fourth-order valence-corrected chi connectivity index (χ4v) is 4.53. The maximum atomic E-state index is 12.2. The Morgan fingerprint density at radius 3 is 2.41 bits per heavy atom. The summed E-state index contributed by atoms with van der Waals surface area (Å²) in [5.41, 5.74) is 7.88. The van der Waals surface area contributed by atoms with E-state index in [-0.39, 0.29) is 30.7 Å². The van der Waals surface area contributed by atoms with Crippen molar-refractivity contribution in [3.05, 3.63) is 58.3 Å². The van der Waals surface area contributed by atoms with Crippen LogP contribution in [-0.2, 0) is 22.6 Å². The van der Waals surface area contributed by atoms with Crippen molar-refractivity contribution in [1.29, 1.82) is 10.5 Å². The molecular formula is C24H28N6O3S. The van der Waals surface area contributed by atoms with Crippen LogP contribution < -0.4 is 16.4 Å². The summed E-state index contributed by atoms with van der Waals surface area (Å²) >= 11 is 1.08. The maximum Gasteiger partial charge on any atom is 0.235 e. The normalized spacial score (nSPS) is 12.3. The van der Waals surface area contributed by atoms with Crippen molar-refractivity contribution < 1.29 is 14.7 Å². The van der Waals surface area contributed by atoms with Gasteiger partial charge in [-0.2, -0.15) is 10.5 Å². The summed E-state index contributed by atoms with van der Waals surface area (Å²) in [6, 6.07) is 13.0. The molecule has 2 atom stereocenters. The third-order valence-electron chi connectivity index (χ3n) is 5.14. The van der Waals surface area contributed by atoms with Crippen LogP contribution in [0.3, 0.4) is 0 Å². The number of aromatic nitrogens is 1. The van der Waals surface area contributed by atoms with E-state index in [4.69, 9.17) is 5.73 Å². The molecule has 0 spiro atoms. The molecule has 1 heterocycles. The maximum absolute atomic E-state index is 12.2. The van der Waals surface area contributed by atoms with Gasteiger partial charge in [-0.3, -0.25) is 9.59 Å². The van der Waals surface area contributed by atoms with Crippen LogP contribution in [0.4, 0.5) is 0 Å². The van der Waals surface area contributed by atoms with Gasteiger partial charge in [-0.15, -0.1) is 0 Å². The number of nitrogens with two attached hydrogens (primary N) is 1. The molecule has 0 saturated heterocycles. The minimum absolute atomic E-state index is 0.0815. The fraction of sp³-hybridized carbons (Fsp3) is 0.375. The number of primary amides is 1. The molecule has 178 valence electrons. The van der Waals surface area contributed by atoms with Gasteiger partial charge < -0.3 is 21.5 Å². The number of thioether (sulfide) groups is 1. The van der Waals surface area contributed by atoms with Gasteiger partial charge >= 0.3 is 0 Å². The third kappa shape index (κ3) is 7.03. The van der Waals surface area contributed by atoms with Gasteiger partial charge in [0.2, 0.25) is 11.8 Å². The molecule has 0 fully saturated rings. The van der Waals surface area contributed by atoms with E-state index in [0.717, 1.165) is 11.8 Å². The molecule has 2 rings (SSSR count). The molecule has 9 nitrogen and oxygen atoms in total. The van der Waals surface area contributed by atoms with E-state index >= 15 is 0 Å². The summed E-state index contributed by atoms with van der Waals surface area (Å²) in [5.74, 6) is -0.758. The van der Waals surface area contributed by atoms with Crippen molar-refractivity contribution in [3.8, 4) is 12.1 Å². The first-order valence-electron chi connectivity index (χ1n) is 10.8. The van der Waals surface area contributed by atoms with Crippen molar-refractivity contribution >= 4 is 23.6 Å². The van der Waals surface area contributed by atoms with Gasteiger partial charge in [-0.1, -0.05) is 49.0 Å². The van der Waals surface area contributed by atoms with Crippen molar-refractivity contribution in [2.24, 2.45) is 5.73 Å². The third-order valence-corrected chi connectivity index (χ3v) is 6.40. The van der Waals surface area contributed by atoms with Gasteiger partial charge in [0.1, 0.15) is 22.4 Å². The Morgan fingerprint density at radius 1 is 1.21 bits per heavy atom. The molecule has 2 unspecified atom stereocenters. The van der Waals surface area contributed by atoms with Gasteiger partial charge in [-0.25, -0.2) is 4.98 Å². The highest BCUT2D eigenvalue weighted by Crippen LogP contribution is 2.37. The van der Waals surface area contributed by atoms with Crippen LogP contribution in [0.1, 0.15) is 53.5 Å². The topological polar surface area (TPSA) is 165 Å². The van der Waals surface area contributed by atoms with E-state index in [0.29, 0.717) is 46.8 Å². The molecule has 0 radical (unpaired) electrons. The van der Waals surface area contributed by atoms with Crippen LogP contribution in [0.2, 0.25) is 0 Å². The molecule has 10 heteroatoms. The quantitative estimate of drug-likeness (QED) is 0.333. The monoisotopic (exact) mass is 480 g/mol. The first kappa shape index (κ1) is 26.8. The highest BCUT2D eigenvalue weighted by molar-refractivity contribution is 8.00. The summed E-state index contributed by atoms with van der Waals surface area (Å²) in [6.07, 6.45) is 0.811. The number of amides is 2. The molecule has 0 aliphatic heterocycles. The Kier molecular flexibility index (Phi) is 10.5. The SMILES string of the molecule is CCc1c(C#N)c(CNC(CCO)CNC(C)=O)nc(SC(C(N)=O)c2ccccc2)c1C#N. The number of hydrogen-bond acceptors (Lipinski definition) is 8. The number of benzene rings is 1. The largest absolute Gasteiger partial charge is 0.396 e. The number of aliphatic hydroxyl groups is 1. The Balaban J connectivity index is 2.46. The lowest BCUT2D eigenvalue weighted by Gasteiger charge is -2.20. The summed E-state index contributed by atoms with van der Waals surface area (Å²) in [4.78, 5) is 28.1. The smallest absolute Gasteiger partial charge is 0.235 e. The number of carbonyl (C=O) groups is 2. The zero-order chi connectivity index (χ0) is 25.1. The van der Waals surface area contributed by atoms with Crippen LogP contribution in [0, 0.1) is 22.7 Å². The van der Waals surface area contributed by atoms with E-state index in [2.05, 4.69) is 27.8 Å². The first-order valence-corrected chi connectivity index (χ1v) is 11.7. The number of nitrogens with one attached hydrogen (secondary N) is 2. The minimum Gasteiger partial charge on any atom is -0.396 e. The van der Waals surface area contributed by atoms with Crippen LogP contribution in [0.15, 0.2) is 35.4 Å². The molecule has 34 heavy (non-hydrogen) atoms. The predicted molar refractivity (Wildman–Crippen MR) is 128 cm³/mol. The van der Waals surface area contributed by atoms with E-state index < -0.39 is 11.2 Å². The lowest BCUT2D eigenvalue weighted by Crippen LogP contribution is -2.40. The summed E-state index contributed by atoms with van der Waals surface area (Å²) in [7, 11) is 0. The standard InChI is InChI=1S/C24H28N6O3S/c1-3-18-19(11-25)21(14-29-17(9-10-31)13-28-15(2)32)30-24(20(18)12-26)34-22(23(27)33)16-7-5-4-6-8-16/h4-8,17,22,29,31H,3,9-10,13-14H2,1-2H3,(H2,27,33)(H,28,32). The van der Waals surface area contributed by atoms with Gasteiger partial charge in [0.15, 0.2) is 0 Å². The van der Waals surface area contributed by atoms with Crippen LogP contribution in [0.5, 0.6) is 0 Å². The van der Waals surface area contributed by atoms with Crippen molar-refractivity contribution in [3.63, 3.8) is 0 Å². The molecule has 0 aliphatic carbocycles. The lowest BCUT2D eigenvalue weighted by atomic mass is 10.00. The Hall–Kier alpha value is -3.44. The van der Waals surface area contributed by atoms with Gasteiger partial charge in [0.25, 0.3) is 0 Å². The van der Waals surface area contributed by atoms with Crippen molar-refractivity contribution in [2.45, 2.75) is 49.6 Å². The second kappa shape index (κ2) is 13.3. The van der Waals surface area contributed by atoms with E-state index in [1.807, 2.05) is 13.0 Å². The molecule has 0 aliphatic rings. The zero-order valence-electron chi connectivity index (χ0n) is 19.2. The molecule has 0 saturated carbocycles. The molecular weight excluding hydrogens is 452 g/mol. The van der Waals surface area contributed by atoms with E-state index in [1.54, 1.807) is 24.3 Å². The Labute approximate surface area is 203 Å². The highest BCUT2D eigenvalue weighted by Gasteiger charge is 2.25. The number of nitrogens with zero attached hydrogens (tertiary/aromatic N) is 3. The second-order valence-corrected chi connectivity index (χ2v) is 8.60. The van der Waals surface area contributed by atoms with Gasteiger partial charge in [-0.05, 0) is 24.0 Å². The van der Waals surface area contributed by atoms with E-state index in [9.17, 15) is 25.2 Å². The van der Waals surface area contributed by atoms with Crippen LogP contribution in [-0.4, -0.2) is 41.1 Å². The number of nitriles is 2. The summed E-state index contributed by atoms with van der Waals surface area (Å²) in [6.45, 7) is 3.64. The number of rotatable bonds is 12. The summed E-state index contributed by atoms with van der Waals surface area (Å²) < 4.78 is 0. The molecule has 2 aromatic rings. The number of aliphatic hydroxyl groups excluding tert-OH is 1. The Bertz CT molecular complexity index is 1090. The predicted octanol–water partition coefficient (Wildman–Crippen LogP) is 1.68. The van der Waals surface area contributed by atoms with Gasteiger partial charge in [0.05, 0.1) is 16.8 Å². The molecule has 0 bridgehead atoms. The lowest BCUT2D eigenvalue weighted by molar-refractivity contribution is -0.119. The molecule has 1 aromatic carbocycles. The summed E-state index contributed by atoms with van der Waals surface area (Å²) in [5, 5.41) is 34.5. The highest BCUT2D eigenvalue weighted by atomic mass is 32.2. The molecule has 1 aromatic heterocycles. The molecule has 2 amide bonds. The average Bonchev–Trinajstić information content (AvgIpc) is 2.83. The number of carbonyl (C=O) groups excluding carboxylic acids is 2. The van der Waals surface area contributed by atoms with Crippen molar-refractivity contribution in [1.82, 2.24) is 15.6 Å². The van der Waals surface area contributed by atoms with Crippen LogP contribution >= 0.6 is 11.8 Å². The molecule has 5 N–H and O–H groups in total. The zero-order valence-corrected chi connectivity index (χ0v) is 20.0. The average molecular weight is 481 g/mol. The van der Waals surface area contributed by atoms with E-state index in [1.165, 1.54) is 6.92 Å². The minimum atomic E-state index is -0.763. The van der Waals surface area contributed by atoms with Crippen molar-refractivity contribution in [2.75, 3.05) is 13.2 Å². The van der Waals surface area contributed by atoms with Crippen LogP contribution in [0.25, 0.3) is 0 Å². The fourth-order valence-electron chi connectivity index (χ4n) is 3.45. The second-order valence-electron chi connectivity index (χ2n) is 7.51. The Morgan fingerprint density at radius 2 is 1.88 bits per heavy atom.